The summed E-state index contributed by atoms with van der Waals surface area (Å²) in [5.74, 6) is 0. The van der Waals surface area contributed by atoms with Gasteiger partial charge in [-0.25, -0.2) is 8.42 Å². The highest BCUT2D eigenvalue weighted by molar-refractivity contribution is 7.90. The Morgan fingerprint density at radius 3 is 2.56 bits per heavy atom. The molecule has 1 fully saturated rings. The normalized spacial score (nSPS) is 17.7. The second-order valence-corrected chi connectivity index (χ2v) is 8.37. The van der Waals surface area contributed by atoms with Crippen molar-refractivity contribution in [1.82, 2.24) is 0 Å². The zero-order valence-corrected chi connectivity index (χ0v) is 15.0. The summed E-state index contributed by atoms with van der Waals surface area (Å²) in [5, 5.41) is 11.2. The quantitative estimate of drug-likeness (QED) is 0.614. The first-order chi connectivity index (χ1) is 11.8. The van der Waals surface area contributed by atoms with Crippen LogP contribution in [-0.2, 0) is 9.84 Å². The van der Waals surface area contributed by atoms with Crippen molar-refractivity contribution in [2.45, 2.75) is 30.7 Å². The van der Waals surface area contributed by atoms with Gasteiger partial charge in [0.2, 0.25) is 0 Å². The molecule has 0 radical (unpaired) electrons. The lowest BCUT2D eigenvalue weighted by Gasteiger charge is -2.28. The molecule has 1 aliphatic heterocycles. The number of nitro groups is 1. The van der Waals surface area contributed by atoms with Crippen LogP contribution in [0.25, 0.3) is 0 Å². The van der Waals surface area contributed by atoms with Crippen molar-refractivity contribution < 1.29 is 13.3 Å². The molecule has 7 heteroatoms. The summed E-state index contributed by atoms with van der Waals surface area (Å²) in [4.78, 5) is 12.4. The van der Waals surface area contributed by atoms with Crippen LogP contribution in [0.3, 0.4) is 0 Å². The Morgan fingerprint density at radius 1 is 1.20 bits per heavy atom. The van der Waals surface area contributed by atoms with Gasteiger partial charge in [-0.05, 0) is 43.0 Å². The van der Waals surface area contributed by atoms with E-state index in [9.17, 15) is 18.5 Å². The minimum absolute atomic E-state index is 0.148. The van der Waals surface area contributed by atoms with E-state index >= 15 is 0 Å². The van der Waals surface area contributed by atoms with E-state index in [-0.39, 0.29) is 16.6 Å². The van der Waals surface area contributed by atoms with Gasteiger partial charge in [0.25, 0.3) is 5.69 Å². The van der Waals surface area contributed by atoms with Crippen molar-refractivity contribution in [3.05, 3.63) is 63.7 Å². The van der Waals surface area contributed by atoms with Crippen molar-refractivity contribution in [1.29, 1.82) is 0 Å². The zero-order valence-electron chi connectivity index (χ0n) is 14.2. The van der Waals surface area contributed by atoms with Gasteiger partial charge in [0.05, 0.1) is 11.0 Å². The lowest BCUT2D eigenvalue weighted by atomic mass is 9.99. The first-order valence-corrected chi connectivity index (χ1v) is 9.99. The van der Waals surface area contributed by atoms with Gasteiger partial charge in [0.15, 0.2) is 9.84 Å². The summed E-state index contributed by atoms with van der Waals surface area (Å²) in [6.07, 6.45) is 2.96. The summed E-state index contributed by atoms with van der Waals surface area (Å²) in [6, 6.07) is 12.6. The van der Waals surface area contributed by atoms with Crippen LogP contribution in [0.15, 0.2) is 47.4 Å². The zero-order chi connectivity index (χ0) is 18.2. The van der Waals surface area contributed by atoms with Crippen molar-refractivity contribution >= 4 is 21.2 Å². The number of nitrogens with zero attached hydrogens (tertiary/aromatic N) is 2. The van der Waals surface area contributed by atoms with Crippen LogP contribution in [-0.4, -0.2) is 26.1 Å². The Labute approximate surface area is 147 Å². The minimum Gasteiger partial charge on any atom is -0.364 e. The summed E-state index contributed by atoms with van der Waals surface area (Å²) in [7, 11) is -3.69. The molecular weight excluding hydrogens is 340 g/mol. The molecule has 0 bridgehead atoms. The highest BCUT2D eigenvalue weighted by Gasteiger charge is 2.30. The van der Waals surface area contributed by atoms with Crippen LogP contribution in [0, 0.1) is 17.0 Å². The van der Waals surface area contributed by atoms with Crippen LogP contribution >= 0.6 is 0 Å². The number of nitro benzene ring substituents is 1. The third-order valence-electron chi connectivity index (χ3n) is 4.67. The van der Waals surface area contributed by atoms with E-state index in [4.69, 9.17) is 0 Å². The van der Waals surface area contributed by atoms with Crippen LogP contribution in [0.4, 0.5) is 11.4 Å². The maximum atomic E-state index is 12.0. The van der Waals surface area contributed by atoms with Gasteiger partial charge in [-0.15, -0.1) is 0 Å². The molecule has 0 amide bonds. The second kappa shape index (κ2) is 6.48. The smallest absolute Gasteiger partial charge is 0.288 e. The molecule has 25 heavy (non-hydrogen) atoms. The van der Waals surface area contributed by atoms with E-state index in [2.05, 4.69) is 24.0 Å². The van der Waals surface area contributed by atoms with Crippen LogP contribution in [0.1, 0.15) is 30.0 Å². The maximum Gasteiger partial charge on any atom is 0.288 e. The van der Waals surface area contributed by atoms with Gasteiger partial charge in [-0.2, -0.15) is 0 Å². The topological polar surface area (TPSA) is 80.5 Å². The summed E-state index contributed by atoms with van der Waals surface area (Å²) < 4.78 is 24.0. The molecule has 0 aliphatic carbocycles. The molecule has 0 N–H and O–H groups in total. The monoisotopic (exact) mass is 360 g/mol. The fraction of sp³-hybridized carbons (Fsp3) is 0.333. The number of aryl methyl sites for hydroxylation is 1. The Hall–Kier alpha value is -2.41. The van der Waals surface area contributed by atoms with E-state index in [1.807, 2.05) is 12.1 Å². The molecule has 2 aromatic rings. The minimum atomic E-state index is -3.69. The van der Waals surface area contributed by atoms with Gasteiger partial charge >= 0.3 is 0 Å². The van der Waals surface area contributed by atoms with Crippen LogP contribution in [0.2, 0.25) is 0 Å². The molecule has 1 aliphatic rings. The van der Waals surface area contributed by atoms with Crippen molar-refractivity contribution in [2.24, 2.45) is 0 Å². The molecule has 1 saturated heterocycles. The number of anilines is 1. The first-order valence-electron chi connectivity index (χ1n) is 8.09. The number of hydrogen-bond acceptors (Lipinski definition) is 5. The van der Waals surface area contributed by atoms with E-state index in [0.717, 1.165) is 25.6 Å². The van der Waals surface area contributed by atoms with Gasteiger partial charge in [-0.3, -0.25) is 10.1 Å². The largest absolute Gasteiger partial charge is 0.364 e. The van der Waals surface area contributed by atoms with Crippen molar-refractivity contribution in [3.8, 4) is 0 Å². The lowest BCUT2D eigenvalue weighted by molar-refractivity contribution is -0.387. The molecule has 132 valence electrons. The average Bonchev–Trinajstić information content (AvgIpc) is 3.03. The molecular formula is C18H20N2O4S. The number of rotatable bonds is 4. The lowest BCUT2D eigenvalue weighted by Crippen LogP contribution is -2.23. The highest BCUT2D eigenvalue weighted by Crippen LogP contribution is 2.39. The molecule has 1 atom stereocenters. The summed E-state index contributed by atoms with van der Waals surface area (Å²) >= 11 is 0. The van der Waals surface area contributed by atoms with Gasteiger partial charge in [0.1, 0.15) is 4.90 Å². The Bertz CT molecular complexity index is 924. The molecule has 3 rings (SSSR count). The SMILES string of the molecule is Cc1ccccc1C1CCCN1c1ccc([N+](=O)[O-])c(S(C)(=O)=O)c1. The Morgan fingerprint density at radius 2 is 1.92 bits per heavy atom. The van der Waals surface area contributed by atoms with E-state index in [1.165, 1.54) is 23.3 Å². The Balaban J connectivity index is 2.07. The molecule has 0 spiro atoms. The molecule has 0 saturated carbocycles. The standard InChI is InChI=1S/C18H20N2O4S/c1-13-6-3-4-7-15(13)16-8-5-11-19(16)14-9-10-17(20(21)22)18(12-14)25(2,23)24/h3-4,6-7,9-10,12,16H,5,8,11H2,1-2H3. The van der Waals surface area contributed by atoms with Crippen molar-refractivity contribution in [3.63, 3.8) is 0 Å². The van der Waals surface area contributed by atoms with Gasteiger partial charge < -0.3 is 4.90 Å². The predicted molar refractivity (Wildman–Crippen MR) is 96.7 cm³/mol. The number of benzene rings is 2. The van der Waals surface area contributed by atoms with Crippen LogP contribution < -0.4 is 4.90 Å². The number of sulfone groups is 1. The van der Waals surface area contributed by atoms with Crippen molar-refractivity contribution in [2.75, 3.05) is 17.7 Å². The average molecular weight is 360 g/mol. The van der Waals surface area contributed by atoms with Crippen LogP contribution in [0.5, 0.6) is 0 Å². The van der Waals surface area contributed by atoms with E-state index in [1.54, 1.807) is 6.07 Å². The Kier molecular flexibility index (Phi) is 4.51. The third kappa shape index (κ3) is 3.37. The molecule has 2 aromatic carbocycles. The molecule has 6 nitrogen and oxygen atoms in total. The number of hydrogen-bond donors (Lipinski definition) is 0. The first kappa shape index (κ1) is 17.4. The fourth-order valence-electron chi connectivity index (χ4n) is 3.49. The molecule has 1 unspecified atom stereocenters. The van der Waals surface area contributed by atoms with E-state index in [0.29, 0.717) is 5.69 Å². The fourth-order valence-corrected chi connectivity index (χ4v) is 4.35. The second-order valence-electron chi connectivity index (χ2n) is 6.39. The maximum absolute atomic E-state index is 12.0. The molecule has 0 aromatic heterocycles. The van der Waals surface area contributed by atoms with Gasteiger partial charge in [0, 0.05) is 24.6 Å². The van der Waals surface area contributed by atoms with Gasteiger partial charge in [-0.1, -0.05) is 24.3 Å². The predicted octanol–water partition coefficient (Wildman–Crippen LogP) is 3.65. The van der Waals surface area contributed by atoms with E-state index < -0.39 is 14.8 Å². The molecule has 1 heterocycles. The highest BCUT2D eigenvalue weighted by atomic mass is 32.2. The third-order valence-corrected chi connectivity index (χ3v) is 5.80. The summed E-state index contributed by atoms with van der Waals surface area (Å²) in [6.45, 7) is 2.85. The summed E-state index contributed by atoms with van der Waals surface area (Å²) in [5.41, 5.74) is 2.72.